The van der Waals surface area contributed by atoms with Gasteiger partial charge in [-0.15, -0.1) is 11.8 Å². The second-order valence-corrected chi connectivity index (χ2v) is 7.63. The average molecular weight is 351 g/mol. The van der Waals surface area contributed by atoms with Gasteiger partial charge in [-0.25, -0.2) is 4.39 Å². The third-order valence-electron chi connectivity index (χ3n) is 4.29. The van der Waals surface area contributed by atoms with Crippen molar-refractivity contribution >= 4 is 40.9 Å². The maximum atomic E-state index is 14.0. The van der Waals surface area contributed by atoms with Crippen molar-refractivity contribution in [2.75, 3.05) is 16.4 Å². The fourth-order valence-corrected chi connectivity index (χ4v) is 4.56. The molecule has 2 aliphatic rings. The van der Waals surface area contributed by atoms with Crippen LogP contribution in [0.15, 0.2) is 18.2 Å². The summed E-state index contributed by atoms with van der Waals surface area (Å²) < 4.78 is 14.0. The van der Waals surface area contributed by atoms with E-state index in [4.69, 9.17) is 0 Å². The third-order valence-corrected chi connectivity index (χ3v) is 5.80. The molecule has 1 aromatic carbocycles. The summed E-state index contributed by atoms with van der Waals surface area (Å²) in [5, 5.41) is 5.08. The van der Waals surface area contributed by atoms with Crippen molar-refractivity contribution in [2.45, 2.75) is 37.6 Å². The van der Waals surface area contributed by atoms with Gasteiger partial charge >= 0.3 is 0 Å². The number of thioether (sulfide) groups is 1. The number of fused-ring (bicyclic) bond motifs is 1. The smallest absolute Gasteiger partial charge is 0.248 e. The van der Waals surface area contributed by atoms with Crippen LogP contribution in [0.25, 0.3) is 0 Å². The summed E-state index contributed by atoms with van der Waals surface area (Å²) >= 11 is 1.58. The minimum atomic E-state index is -0.612. The van der Waals surface area contributed by atoms with Gasteiger partial charge in [0.05, 0.1) is 10.6 Å². The molecule has 2 saturated heterocycles. The van der Waals surface area contributed by atoms with E-state index >= 15 is 0 Å². The number of hydrogen-bond acceptors (Lipinski definition) is 4. The molecule has 2 fully saturated rings. The number of carbonyl (C=O) groups is 3. The summed E-state index contributed by atoms with van der Waals surface area (Å²) in [5.74, 6) is -0.861. The van der Waals surface area contributed by atoms with E-state index in [0.29, 0.717) is 24.3 Å². The van der Waals surface area contributed by atoms with Gasteiger partial charge in [0.2, 0.25) is 17.7 Å². The van der Waals surface area contributed by atoms with Gasteiger partial charge in [-0.3, -0.25) is 14.4 Å². The largest absolute Gasteiger partial charge is 0.326 e. The molecule has 0 aliphatic carbocycles. The number of nitrogens with zero attached hydrogens (tertiary/aromatic N) is 1. The van der Waals surface area contributed by atoms with Crippen molar-refractivity contribution in [3.05, 3.63) is 24.0 Å². The molecule has 0 spiro atoms. The molecule has 0 bridgehead atoms. The zero-order valence-electron chi connectivity index (χ0n) is 13.4. The van der Waals surface area contributed by atoms with Crippen molar-refractivity contribution in [2.24, 2.45) is 0 Å². The number of halogens is 1. The number of rotatable bonds is 3. The highest BCUT2D eigenvalue weighted by atomic mass is 32.2. The van der Waals surface area contributed by atoms with Gasteiger partial charge in [0.15, 0.2) is 0 Å². The van der Waals surface area contributed by atoms with E-state index in [-0.39, 0.29) is 22.4 Å². The van der Waals surface area contributed by atoms with Gasteiger partial charge < -0.3 is 15.5 Å². The summed E-state index contributed by atoms with van der Waals surface area (Å²) in [6, 6.07) is 3.34. The Bertz CT molecular complexity index is 727. The molecular weight excluding hydrogens is 333 g/mol. The second kappa shape index (κ2) is 6.08. The minimum Gasteiger partial charge on any atom is -0.326 e. The number of carbonyl (C=O) groups excluding carboxylic acids is 3. The van der Waals surface area contributed by atoms with Gasteiger partial charge in [0.1, 0.15) is 11.9 Å². The van der Waals surface area contributed by atoms with E-state index in [9.17, 15) is 18.8 Å². The summed E-state index contributed by atoms with van der Waals surface area (Å²) in [5.41, 5.74) is 0.374. The Balaban J connectivity index is 1.78. The maximum Gasteiger partial charge on any atom is 0.248 e. The lowest BCUT2D eigenvalue weighted by Gasteiger charge is -2.29. The van der Waals surface area contributed by atoms with Crippen molar-refractivity contribution < 1.29 is 18.8 Å². The van der Waals surface area contributed by atoms with E-state index in [1.807, 2.05) is 6.92 Å². The minimum absolute atomic E-state index is 0.0171. The summed E-state index contributed by atoms with van der Waals surface area (Å²) in [7, 11) is 0. The molecule has 6 nitrogen and oxygen atoms in total. The lowest BCUT2D eigenvalue weighted by molar-refractivity contribution is -0.135. The Hall–Kier alpha value is -2.09. The van der Waals surface area contributed by atoms with Crippen LogP contribution < -0.4 is 10.6 Å². The molecule has 2 atom stereocenters. The lowest BCUT2D eigenvalue weighted by Crippen LogP contribution is -2.48. The van der Waals surface area contributed by atoms with Crippen LogP contribution in [0.1, 0.15) is 26.7 Å². The molecule has 24 heavy (non-hydrogen) atoms. The summed E-state index contributed by atoms with van der Waals surface area (Å²) in [6.07, 6.45) is 1.15. The topological polar surface area (TPSA) is 78.5 Å². The third kappa shape index (κ3) is 2.98. The van der Waals surface area contributed by atoms with Crippen LogP contribution in [0.4, 0.5) is 15.8 Å². The standard InChI is InChI=1S/C16H18FN3O3S/c1-9(21)18-10-3-4-11(17)12(7-10)19-15(23)13-8-24-16(2)6-5-14(22)20(13)16/h3-4,7,13H,5-6,8H2,1-2H3,(H,18,21)(H,19,23)/t13-,16-/m0/s1. The summed E-state index contributed by atoms with van der Waals surface area (Å²) in [4.78, 5) is 37.0. The molecule has 8 heteroatoms. The van der Waals surface area contributed by atoms with Crippen molar-refractivity contribution in [1.82, 2.24) is 4.90 Å². The zero-order valence-corrected chi connectivity index (χ0v) is 14.2. The average Bonchev–Trinajstić information content (AvgIpc) is 2.99. The van der Waals surface area contributed by atoms with Gasteiger partial charge in [0.25, 0.3) is 0 Å². The molecule has 0 radical (unpaired) electrons. The number of amides is 3. The van der Waals surface area contributed by atoms with Crippen LogP contribution in [0.2, 0.25) is 0 Å². The van der Waals surface area contributed by atoms with E-state index in [0.717, 1.165) is 0 Å². The molecule has 2 N–H and O–H groups in total. The summed E-state index contributed by atoms with van der Waals surface area (Å²) in [6.45, 7) is 3.30. The van der Waals surface area contributed by atoms with Gasteiger partial charge in [-0.05, 0) is 31.5 Å². The molecule has 2 aliphatic heterocycles. The molecule has 0 unspecified atom stereocenters. The van der Waals surface area contributed by atoms with Crippen molar-refractivity contribution in [3.8, 4) is 0 Å². The van der Waals surface area contributed by atoms with Gasteiger partial charge in [-0.2, -0.15) is 0 Å². The predicted molar refractivity (Wildman–Crippen MR) is 90.1 cm³/mol. The van der Waals surface area contributed by atoms with E-state index in [2.05, 4.69) is 10.6 Å². The van der Waals surface area contributed by atoms with Gasteiger partial charge in [-0.1, -0.05) is 0 Å². The Labute approximate surface area is 143 Å². The number of nitrogens with one attached hydrogen (secondary N) is 2. The lowest BCUT2D eigenvalue weighted by atomic mass is 10.2. The van der Waals surface area contributed by atoms with Crippen LogP contribution in [-0.2, 0) is 14.4 Å². The van der Waals surface area contributed by atoms with Gasteiger partial charge in [0, 0.05) is 24.8 Å². The van der Waals surface area contributed by atoms with Crippen LogP contribution >= 0.6 is 11.8 Å². The molecule has 0 aromatic heterocycles. The molecule has 3 rings (SSSR count). The fourth-order valence-electron chi connectivity index (χ4n) is 3.13. The van der Waals surface area contributed by atoms with Crippen LogP contribution in [0, 0.1) is 5.82 Å². The van der Waals surface area contributed by atoms with E-state index in [1.54, 1.807) is 16.7 Å². The van der Waals surface area contributed by atoms with E-state index in [1.165, 1.54) is 25.1 Å². The predicted octanol–water partition coefficient (Wildman–Crippen LogP) is 2.18. The van der Waals surface area contributed by atoms with Crippen LogP contribution in [0.3, 0.4) is 0 Å². The molecule has 1 aromatic rings. The SMILES string of the molecule is CC(=O)Nc1ccc(F)c(NC(=O)[C@@H]2CS[C@@]3(C)CCC(=O)N23)c1. The molecule has 0 saturated carbocycles. The first-order valence-corrected chi connectivity index (χ1v) is 8.63. The van der Waals surface area contributed by atoms with Crippen LogP contribution in [0.5, 0.6) is 0 Å². The van der Waals surface area contributed by atoms with Crippen molar-refractivity contribution in [3.63, 3.8) is 0 Å². The fraction of sp³-hybridized carbons (Fsp3) is 0.438. The molecular formula is C16H18FN3O3S. The van der Waals surface area contributed by atoms with Crippen LogP contribution in [-0.4, -0.2) is 39.3 Å². The monoisotopic (exact) mass is 351 g/mol. The van der Waals surface area contributed by atoms with Crippen molar-refractivity contribution in [1.29, 1.82) is 0 Å². The Morgan fingerprint density at radius 3 is 2.83 bits per heavy atom. The first kappa shape index (κ1) is 16.8. The number of anilines is 2. The maximum absolute atomic E-state index is 14.0. The second-order valence-electron chi connectivity index (χ2n) is 6.13. The Kier molecular flexibility index (Phi) is 4.25. The quantitative estimate of drug-likeness (QED) is 0.875. The first-order valence-electron chi connectivity index (χ1n) is 7.64. The van der Waals surface area contributed by atoms with E-state index < -0.39 is 17.8 Å². The highest BCUT2D eigenvalue weighted by molar-refractivity contribution is 8.01. The normalized spacial score (nSPS) is 25.5. The molecule has 2 heterocycles. The molecule has 3 amide bonds. The Morgan fingerprint density at radius 2 is 2.12 bits per heavy atom. The molecule has 128 valence electrons. The number of benzene rings is 1. The first-order chi connectivity index (χ1) is 11.3. The highest BCUT2D eigenvalue weighted by Crippen LogP contribution is 2.47. The zero-order chi connectivity index (χ0) is 17.5. The highest BCUT2D eigenvalue weighted by Gasteiger charge is 2.52. The Morgan fingerprint density at radius 1 is 1.38 bits per heavy atom. The number of hydrogen-bond donors (Lipinski definition) is 2.